The third kappa shape index (κ3) is 3.18. The van der Waals surface area contributed by atoms with Gasteiger partial charge in [-0.15, -0.1) is 11.3 Å². The van der Waals surface area contributed by atoms with E-state index in [-0.39, 0.29) is 5.91 Å². The van der Waals surface area contributed by atoms with Crippen LogP contribution in [0.5, 0.6) is 0 Å². The number of aryl methyl sites for hydroxylation is 2. The monoisotopic (exact) mass is 278 g/mol. The van der Waals surface area contributed by atoms with Gasteiger partial charge >= 0.3 is 0 Å². The molecule has 1 aliphatic heterocycles. The number of thiophene rings is 1. The predicted octanol–water partition coefficient (Wildman–Crippen LogP) is 2.36. The van der Waals surface area contributed by atoms with Crippen molar-refractivity contribution in [2.75, 3.05) is 19.6 Å². The molecule has 19 heavy (non-hydrogen) atoms. The number of fused-ring (bicyclic) bond motifs is 1. The summed E-state index contributed by atoms with van der Waals surface area (Å²) in [6, 6.07) is 2.12. The van der Waals surface area contributed by atoms with E-state index < -0.39 is 0 Å². The van der Waals surface area contributed by atoms with Crippen molar-refractivity contribution in [3.63, 3.8) is 0 Å². The van der Waals surface area contributed by atoms with Crippen molar-refractivity contribution in [2.45, 2.75) is 38.5 Å². The third-order valence-corrected chi connectivity index (χ3v) is 5.46. The van der Waals surface area contributed by atoms with Crippen LogP contribution < -0.4 is 10.6 Å². The van der Waals surface area contributed by atoms with Crippen LogP contribution in [0.1, 0.15) is 45.8 Å². The average Bonchev–Trinajstić information content (AvgIpc) is 3.07. The van der Waals surface area contributed by atoms with E-state index in [1.54, 1.807) is 11.3 Å². The normalized spacial score (nSPS) is 22.2. The van der Waals surface area contributed by atoms with Crippen molar-refractivity contribution < 1.29 is 4.79 Å². The summed E-state index contributed by atoms with van der Waals surface area (Å²) < 4.78 is 0. The van der Waals surface area contributed by atoms with E-state index in [0.717, 1.165) is 43.3 Å². The number of hydrogen-bond donors (Lipinski definition) is 2. The fourth-order valence-electron chi connectivity index (χ4n) is 3.04. The highest BCUT2D eigenvalue weighted by Gasteiger charge is 2.18. The van der Waals surface area contributed by atoms with Crippen LogP contribution >= 0.6 is 11.3 Å². The summed E-state index contributed by atoms with van der Waals surface area (Å²) in [6.07, 6.45) is 7.24. The second-order valence-electron chi connectivity index (χ2n) is 5.67. The SMILES string of the molecule is O=C(NCCC1CCNC1)c1cc2c(s1)CCCC2. The molecule has 1 aliphatic carbocycles. The van der Waals surface area contributed by atoms with Crippen LogP contribution in [0.2, 0.25) is 0 Å². The van der Waals surface area contributed by atoms with Gasteiger partial charge in [0.15, 0.2) is 0 Å². The molecule has 104 valence electrons. The molecule has 2 N–H and O–H groups in total. The van der Waals surface area contributed by atoms with E-state index >= 15 is 0 Å². The number of rotatable bonds is 4. The molecule has 2 heterocycles. The van der Waals surface area contributed by atoms with Crippen LogP contribution in [0.3, 0.4) is 0 Å². The van der Waals surface area contributed by atoms with Gasteiger partial charge in [0.25, 0.3) is 5.91 Å². The molecule has 4 heteroatoms. The van der Waals surface area contributed by atoms with Gasteiger partial charge in [-0.25, -0.2) is 0 Å². The molecule has 1 aromatic rings. The number of hydrogen-bond acceptors (Lipinski definition) is 3. The molecule has 0 spiro atoms. The topological polar surface area (TPSA) is 41.1 Å². The number of carbonyl (C=O) groups is 1. The molecule has 1 atom stereocenters. The molecular weight excluding hydrogens is 256 g/mol. The minimum absolute atomic E-state index is 0.130. The van der Waals surface area contributed by atoms with Gasteiger partial charge in [0.2, 0.25) is 0 Å². The first-order valence-electron chi connectivity index (χ1n) is 7.43. The highest BCUT2D eigenvalue weighted by Crippen LogP contribution is 2.29. The quantitative estimate of drug-likeness (QED) is 0.887. The molecular formula is C15H22N2OS. The van der Waals surface area contributed by atoms with E-state index in [1.807, 2.05) is 0 Å². The van der Waals surface area contributed by atoms with Gasteiger partial charge < -0.3 is 10.6 Å². The van der Waals surface area contributed by atoms with E-state index in [9.17, 15) is 4.79 Å². The van der Waals surface area contributed by atoms with Crippen molar-refractivity contribution >= 4 is 17.2 Å². The lowest BCUT2D eigenvalue weighted by Crippen LogP contribution is -2.25. The fraction of sp³-hybridized carbons (Fsp3) is 0.667. The zero-order valence-electron chi connectivity index (χ0n) is 11.3. The van der Waals surface area contributed by atoms with Crippen molar-refractivity contribution in [1.82, 2.24) is 10.6 Å². The molecule has 0 bridgehead atoms. The summed E-state index contributed by atoms with van der Waals surface area (Å²) in [5.41, 5.74) is 1.42. The van der Waals surface area contributed by atoms with Crippen molar-refractivity contribution in [2.24, 2.45) is 5.92 Å². The summed E-state index contributed by atoms with van der Waals surface area (Å²) in [7, 11) is 0. The summed E-state index contributed by atoms with van der Waals surface area (Å²) in [5, 5.41) is 6.44. The van der Waals surface area contributed by atoms with E-state index in [2.05, 4.69) is 16.7 Å². The second-order valence-corrected chi connectivity index (χ2v) is 6.81. The maximum absolute atomic E-state index is 12.1. The molecule has 3 nitrogen and oxygen atoms in total. The Kier molecular flexibility index (Phi) is 4.18. The number of carbonyl (C=O) groups excluding carboxylic acids is 1. The Morgan fingerprint density at radius 1 is 1.42 bits per heavy atom. The van der Waals surface area contributed by atoms with Crippen molar-refractivity contribution in [1.29, 1.82) is 0 Å². The van der Waals surface area contributed by atoms with Gasteiger partial charge in [-0.2, -0.15) is 0 Å². The minimum Gasteiger partial charge on any atom is -0.351 e. The molecule has 1 saturated heterocycles. The molecule has 1 unspecified atom stereocenters. The molecule has 0 aromatic carbocycles. The first-order chi connectivity index (χ1) is 9.33. The first kappa shape index (κ1) is 13.1. The van der Waals surface area contributed by atoms with Gasteiger partial charge in [0.1, 0.15) is 0 Å². The lowest BCUT2D eigenvalue weighted by atomic mass is 9.99. The van der Waals surface area contributed by atoms with Crippen LogP contribution in [-0.2, 0) is 12.8 Å². The van der Waals surface area contributed by atoms with Gasteiger partial charge in [-0.1, -0.05) is 0 Å². The fourth-order valence-corrected chi connectivity index (χ4v) is 4.21. The van der Waals surface area contributed by atoms with Gasteiger partial charge in [0.05, 0.1) is 4.88 Å². The Balaban J connectivity index is 1.50. The minimum atomic E-state index is 0.130. The molecule has 1 aromatic heterocycles. The first-order valence-corrected chi connectivity index (χ1v) is 8.25. The smallest absolute Gasteiger partial charge is 0.261 e. The molecule has 1 fully saturated rings. The lowest BCUT2D eigenvalue weighted by molar-refractivity contribution is 0.0955. The van der Waals surface area contributed by atoms with E-state index in [4.69, 9.17) is 0 Å². The van der Waals surface area contributed by atoms with Crippen LogP contribution in [0.4, 0.5) is 0 Å². The van der Waals surface area contributed by atoms with E-state index in [0.29, 0.717) is 0 Å². The lowest BCUT2D eigenvalue weighted by Gasteiger charge is -2.08. The van der Waals surface area contributed by atoms with Crippen LogP contribution in [0.15, 0.2) is 6.07 Å². The van der Waals surface area contributed by atoms with Crippen LogP contribution in [0.25, 0.3) is 0 Å². The van der Waals surface area contributed by atoms with Gasteiger partial charge in [-0.05, 0) is 69.2 Å². The van der Waals surface area contributed by atoms with Crippen molar-refractivity contribution in [3.8, 4) is 0 Å². The number of amides is 1. The largest absolute Gasteiger partial charge is 0.351 e. The highest BCUT2D eigenvalue weighted by atomic mass is 32.1. The Morgan fingerprint density at radius 2 is 2.32 bits per heavy atom. The predicted molar refractivity (Wildman–Crippen MR) is 78.9 cm³/mol. The van der Waals surface area contributed by atoms with Gasteiger partial charge in [-0.3, -0.25) is 4.79 Å². The zero-order chi connectivity index (χ0) is 13.1. The summed E-state index contributed by atoms with van der Waals surface area (Å²) >= 11 is 1.70. The Bertz CT molecular complexity index is 425. The van der Waals surface area contributed by atoms with E-state index in [1.165, 1.54) is 36.1 Å². The Labute approximate surface area is 118 Å². The summed E-state index contributed by atoms with van der Waals surface area (Å²) in [5.74, 6) is 0.877. The molecule has 3 rings (SSSR count). The second kappa shape index (κ2) is 6.06. The molecule has 2 aliphatic rings. The van der Waals surface area contributed by atoms with Crippen molar-refractivity contribution in [3.05, 3.63) is 21.4 Å². The number of nitrogens with one attached hydrogen (secondary N) is 2. The summed E-state index contributed by atoms with van der Waals surface area (Å²) in [4.78, 5) is 14.5. The average molecular weight is 278 g/mol. The maximum atomic E-state index is 12.1. The molecule has 0 saturated carbocycles. The molecule has 1 amide bonds. The van der Waals surface area contributed by atoms with Crippen LogP contribution in [0, 0.1) is 5.92 Å². The summed E-state index contributed by atoms with van der Waals surface area (Å²) in [6.45, 7) is 3.06. The Morgan fingerprint density at radius 3 is 3.11 bits per heavy atom. The van der Waals surface area contributed by atoms with Gasteiger partial charge in [0, 0.05) is 11.4 Å². The highest BCUT2D eigenvalue weighted by molar-refractivity contribution is 7.14. The zero-order valence-corrected chi connectivity index (χ0v) is 12.2. The third-order valence-electron chi connectivity index (χ3n) is 4.22. The standard InChI is InChI=1S/C15H22N2OS/c18-15(17-8-6-11-5-7-16-10-11)14-9-12-3-1-2-4-13(12)19-14/h9,11,16H,1-8,10H2,(H,17,18). The maximum Gasteiger partial charge on any atom is 0.261 e. The Hall–Kier alpha value is -0.870. The molecule has 0 radical (unpaired) electrons. The van der Waals surface area contributed by atoms with Crippen LogP contribution in [-0.4, -0.2) is 25.5 Å².